The summed E-state index contributed by atoms with van der Waals surface area (Å²) in [5, 5.41) is 0. The van der Waals surface area contributed by atoms with E-state index in [1.54, 1.807) is 0 Å². The Morgan fingerprint density at radius 1 is 0.731 bits per heavy atom. The maximum Gasteiger partial charge on any atom is 0.195 e. The number of carbonyl (C=O) groups excluding carboxylic acids is 1. The average Bonchev–Trinajstić information content (AvgIpc) is 3.13. The highest BCUT2D eigenvalue weighted by Crippen LogP contribution is 2.29. The zero-order valence-electron chi connectivity index (χ0n) is 14.4. The molecule has 0 amide bonds. The first-order chi connectivity index (χ1) is 12.8. The van der Waals surface area contributed by atoms with E-state index in [1.165, 1.54) is 5.56 Å². The van der Waals surface area contributed by atoms with Crippen LogP contribution in [0.15, 0.2) is 97.2 Å². The predicted molar refractivity (Wildman–Crippen MR) is 105 cm³/mol. The van der Waals surface area contributed by atoms with Gasteiger partial charge in [0.2, 0.25) is 0 Å². The third-order valence-corrected chi connectivity index (χ3v) is 4.52. The second-order valence-corrected chi connectivity index (χ2v) is 6.29. The van der Waals surface area contributed by atoms with Crippen molar-refractivity contribution in [1.82, 2.24) is 4.98 Å². The summed E-state index contributed by atoms with van der Waals surface area (Å²) in [7, 11) is 0. The van der Waals surface area contributed by atoms with E-state index in [0.717, 1.165) is 28.8 Å². The number of hydrogen-bond acceptors (Lipinski definition) is 1. The minimum atomic E-state index is 0.0524. The Hall–Kier alpha value is -3.39. The molecule has 0 atom stereocenters. The van der Waals surface area contributed by atoms with Gasteiger partial charge in [-0.1, -0.05) is 91.0 Å². The molecule has 0 bridgehead atoms. The zero-order valence-corrected chi connectivity index (χ0v) is 14.4. The lowest BCUT2D eigenvalue weighted by molar-refractivity contribution is 0.103. The van der Waals surface area contributed by atoms with Crippen molar-refractivity contribution >= 4 is 5.78 Å². The van der Waals surface area contributed by atoms with E-state index >= 15 is 0 Å². The monoisotopic (exact) mass is 337 g/mol. The van der Waals surface area contributed by atoms with Crippen molar-refractivity contribution in [2.45, 2.75) is 6.42 Å². The van der Waals surface area contributed by atoms with Crippen LogP contribution in [0.2, 0.25) is 0 Å². The lowest BCUT2D eigenvalue weighted by Crippen LogP contribution is -2.05. The molecule has 0 saturated heterocycles. The number of aromatic nitrogens is 1. The molecule has 0 spiro atoms. The summed E-state index contributed by atoms with van der Waals surface area (Å²) in [4.78, 5) is 16.6. The third-order valence-electron chi connectivity index (χ3n) is 4.52. The molecule has 0 radical (unpaired) electrons. The number of nitrogens with one attached hydrogen (secondary N) is 1. The van der Waals surface area contributed by atoms with Gasteiger partial charge in [-0.2, -0.15) is 0 Å². The fourth-order valence-electron chi connectivity index (χ4n) is 3.25. The van der Waals surface area contributed by atoms with Gasteiger partial charge in [-0.05, 0) is 23.1 Å². The first-order valence-electron chi connectivity index (χ1n) is 8.72. The molecule has 1 N–H and O–H groups in total. The number of carbonyl (C=O) groups is 1. The Morgan fingerprint density at radius 3 is 1.96 bits per heavy atom. The van der Waals surface area contributed by atoms with Crippen molar-refractivity contribution < 1.29 is 4.79 Å². The lowest BCUT2D eigenvalue weighted by atomic mass is 9.94. The molecule has 0 aliphatic rings. The second-order valence-electron chi connectivity index (χ2n) is 6.29. The Balaban J connectivity index is 1.82. The van der Waals surface area contributed by atoms with Gasteiger partial charge in [0, 0.05) is 11.8 Å². The topological polar surface area (TPSA) is 32.9 Å². The summed E-state index contributed by atoms with van der Waals surface area (Å²) in [6, 6.07) is 29.7. The molecular weight excluding hydrogens is 318 g/mol. The van der Waals surface area contributed by atoms with Crippen molar-refractivity contribution in [2.24, 2.45) is 0 Å². The van der Waals surface area contributed by atoms with Gasteiger partial charge in [0.1, 0.15) is 0 Å². The maximum absolute atomic E-state index is 13.3. The van der Waals surface area contributed by atoms with Crippen LogP contribution in [0.5, 0.6) is 0 Å². The minimum Gasteiger partial charge on any atom is -0.360 e. The molecule has 0 saturated carbocycles. The largest absolute Gasteiger partial charge is 0.360 e. The van der Waals surface area contributed by atoms with Crippen LogP contribution in [0, 0.1) is 0 Å². The summed E-state index contributed by atoms with van der Waals surface area (Å²) in [6.07, 6.45) is 2.68. The summed E-state index contributed by atoms with van der Waals surface area (Å²) < 4.78 is 0. The normalized spacial score (nSPS) is 10.6. The van der Waals surface area contributed by atoms with Gasteiger partial charge in [0.25, 0.3) is 0 Å². The molecule has 0 fully saturated rings. The van der Waals surface area contributed by atoms with Gasteiger partial charge in [-0.25, -0.2) is 0 Å². The molecule has 4 rings (SSSR count). The summed E-state index contributed by atoms with van der Waals surface area (Å²) in [5.74, 6) is 0.0524. The molecule has 3 aromatic carbocycles. The second kappa shape index (κ2) is 7.24. The van der Waals surface area contributed by atoms with Crippen molar-refractivity contribution in [3.05, 3.63) is 119 Å². The van der Waals surface area contributed by atoms with Crippen LogP contribution in [0.1, 0.15) is 27.0 Å². The maximum atomic E-state index is 13.3. The summed E-state index contributed by atoms with van der Waals surface area (Å²) >= 11 is 0. The van der Waals surface area contributed by atoms with Crippen LogP contribution in [0.4, 0.5) is 0 Å². The van der Waals surface area contributed by atoms with Gasteiger partial charge < -0.3 is 4.98 Å². The van der Waals surface area contributed by atoms with Crippen LogP contribution in [0.3, 0.4) is 0 Å². The van der Waals surface area contributed by atoms with Gasteiger partial charge in [-0.15, -0.1) is 0 Å². The molecule has 0 aliphatic carbocycles. The number of ketones is 1. The SMILES string of the molecule is O=C(c1ccccc1)c1c(Cc2ccccc2)c[nH]c1-c1ccccc1. The number of aromatic amines is 1. The Kier molecular flexibility index (Phi) is 4.48. The lowest BCUT2D eigenvalue weighted by Gasteiger charge is -2.08. The summed E-state index contributed by atoms with van der Waals surface area (Å²) in [5.41, 5.74) is 5.57. The first-order valence-corrected chi connectivity index (χ1v) is 8.72. The van der Waals surface area contributed by atoms with Gasteiger partial charge in [-0.3, -0.25) is 4.79 Å². The van der Waals surface area contributed by atoms with Gasteiger partial charge in [0.05, 0.1) is 11.3 Å². The Labute approximate surface area is 153 Å². The Bertz CT molecular complexity index is 1000. The highest BCUT2D eigenvalue weighted by Gasteiger charge is 2.21. The van der Waals surface area contributed by atoms with Crippen LogP contribution >= 0.6 is 0 Å². The standard InChI is InChI=1S/C24H19NO/c26-24(20-14-8-3-9-15-20)22-21(16-18-10-4-1-5-11-18)17-25-23(22)19-12-6-2-7-13-19/h1-15,17,25H,16H2. The van der Waals surface area contributed by atoms with E-state index in [0.29, 0.717) is 5.56 Å². The highest BCUT2D eigenvalue weighted by molar-refractivity contribution is 6.13. The van der Waals surface area contributed by atoms with Gasteiger partial charge in [0.15, 0.2) is 5.78 Å². The molecular formula is C24H19NO. The van der Waals surface area contributed by atoms with E-state index in [1.807, 2.05) is 85.1 Å². The Morgan fingerprint density at radius 2 is 1.31 bits per heavy atom. The fourth-order valence-corrected chi connectivity index (χ4v) is 3.25. The molecule has 26 heavy (non-hydrogen) atoms. The number of benzene rings is 3. The van der Waals surface area contributed by atoms with E-state index in [4.69, 9.17) is 0 Å². The predicted octanol–water partition coefficient (Wildman–Crippen LogP) is 5.50. The van der Waals surface area contributed by atoms with Crippen LogP contribution in [0.25, 0.3) is 11.3 Å². The van der Waals surface area contributed by atoms with Crippen molar-refractivity contribution in [3.63, 3.8) is 0 Å². The molecule has 0 aliphatic heterocycles. The summed E-state index contributed by atoms with van der Waals surface area (Å²) in [6.45, 7) is 0. The number of hydrogen-bond donors (Lipinski definition) is 1. The first kappa shape index (κ1) is 16.1. The van der Waals surface area contributed by atoms with Crippen LogP contribution in [-0.2, 0) is 6.42 Å². The van der Waals surface area contributed by atoms with E-state index in [9.17, 15) is 4.79 Å². The molecule has 4 aromatic rings. The third kappa shape index (κ3) is 3.22. The highest BCUT2D eigenvalue weighted by atomic mass is 16.1. The number of rotatable bonds is 5. The van der Waals surface area contributed by atoms with E-state index in [-0.39, 0.29) is 5.78 Å². The molecule has 2 heteroatoms. The average molecular weight is 337 g/mol. The zero-order chi connectivity index (χ0) is 17.8. The fraction of sp³-hybridized carbons (Fsp3) is 0.0417. The minimum absolute atomic E-state index is 0.0524. The van der Waals surface area contributed by atoms with E-state index in [2.05, 4.69) is 17.1 Å². The van der Waals surface area contributed by atoms with Crippen molar-refractivity contribution in [3.8, 4) is 11.3 Å². The van der Waals surface area contributed by atoms with Crippen molar-refractivity contribution in [1.29, 1.82) is 0 Å². The molecule has 1 heterocycles. The number of H-pyrrole nitrogens is 1. The molecule has 126 valence electrons. The van der Waals surface area contributed by atoms with Crippen LogP contribution in [-0.4, -0.2) is 10.8 Å². The molecule has 1 aromatic heterocycles. The van der Waals surface area contributed by atoms with Crippen LogP contribution < -0.4 is 0 Å². The smallest absolute Gasteiger partial charge is 0.195 e. The van der Waals surface area contributed by atoms with Crippen molar-refractivity contribution in [2.75, 3.05) is 0 Å². The van der Waals surface area contributed by atoms with Gasteiger partial charge >= 0.3 is 0 Å². The quantitative estimate of drug-likeness (QED) is 0.479. The molecule has 0 unspecified atom stereocenters. The van der Waals surface area contributed by atoms with E-state index < -0.39 is 0 Å². The molecule has 2 nitrogen and oxygen atoms in total.